The third kappa shape index (κ3) is 3.15. The number of hydrogen-bond donors (Lipinski definition) is 0. The van der Waals surface area contributed by atoms with E-state index in [0.29, 0.717) is 24.3 Å². The molecule has 2 aromatic heterocycles. The van der Waals surface area contributed by atoms with Crippen molar-refractivity contribution < 1.29 is 4.79 Å². The zero-order valence-corrected chi connectivity index (χ0v) is 14.5. The van der Waals surface area contributed by atoms with Crippen LogP contribution in [0.4, 0.5) is 5.95 Å². The van der Waals surface area contributed by atoms with Gasteiger partial charge in [-0.15, -0.1) is 11.3 Å². The molecule has 0 radical (unpaired) electrons. The Morgan fingerprint density at radius 1 is 1.21 bits per heavy atom. The van der Waals surface area contributed by atoms with Crippen molar-refractivity contribution in [2.24, 2.45) is 5.92 Å². The number of hydrogen-bond acceptors (Lipinski definition) is 5. The highest BCUT2D eigenvalue weighted by atomic mass is 32.1. The number of carbonyl (C=O) groups excluding carboxylic acids is 1. The van der Waals surface area contributed by atoms with Crippen molar-refractivity contribution in [3.8, 4) is 0 Å². The molecule has 0 aliphatic carbocycles. The summed E-state index contributed by atoms with van der Waals surface area (Å²) in [5.74, 6) is 1.68. The topological polar surface area (TPSA) is 49.3 Å². The first-order valence-corrected chi connectivity index (χ1v) is 9.53. The van der Waals surface area contributed by atoms with Crippen LogP contribution < -0.4 is 4.90 Å². The molecule has 0 saturated carbocycles. The lowest BCUT2D eigenvalue weighted by molar-refractivity contribution is -0.139. The Morgan fingerprint density at radius 3 is 2.88 bits per heavy atom. The smallest absolute Gasteiger partial charge is 0.225 e. The molecule has 5 nitrogen and oxygen atoms in total. The lowest BCUT2D eigenvalue weighted by atomic mass is 9.83. The van der Waals surface area contributed by atoms with E-state index in [1.165, 1.54) is 4.88 Å². The van der Waals surface area contributed by atoms with E-state index in [-0.39, 0.29) is 0 Å². The number of thiophene rings is 1. The van der Waals surface area contributed by atoms with Gasteiger partial charge in [-0.3, -0.25) is 4.79 Å². The number of piperidine rings is 2. The predicted molar refractivity (Wildman–Crippen MR) is 95.1 cm³/mol. The summed E-state index contributed by atoms with van der Waals surface area (Å²) < 4.78 is 0. The molecule has 2 aliphatic rings. The third-order valence-electron chi connectivity index (χ3n) is 5.16. The van der Waals surface area contributed by atoms with Crippen molar-refractivity contribution in [1.82, 2.24) is 14.9 Å². The maximum atomic E-state index is 12.5. The number of amides is 1. The van der Waals surface area contributed by atoms with Crippen molar-refractivity contribution in [2.75, 3.05) is 24.5 Å². The van der Waals surface area contributed by atoms with Crippen LogP contribution in [-0.4, -0.2) is 46.5 Å². The average Bonchev–Trinajstić information content (AvgIpc) is 3.15. The van der Waals surface area contributed by atoms with Crippen LogP contribution >= 0.6 is 11.3 Å². The van der Waals surface area contributed by atoms with E-state index in [1.54, 1.807) is 23.7 Å². The number of anilines is 1. The van der Waals surface area contributed by atoms with Gasteiger partial charge in [0.15, 0.2) is 0 Å². The maximum Gasteiger partial charge on any atom is 0.225 e. The normalized spacial score (nSPS) is 24.1. The van der Waals surface area contributed by atoms with Crippen LogP contribution in [0.5, 0.6) is 0 Å². The minimum Gasteiger partial charge on any atom is -0.340 e. The summed E-state index contributed by atoms with van der Waals surface area (Å²) >= 11 is 1.78. The van der Waals surface area contributed by atoms with Crippen LogP contribution in [0.25, 0.3) is 0 Å². The van der Waals surface area contributed by atoms with E-state index >= 15 is 0 Å². The fourth-order valence-electron chi connectivity index (χ4n) is 3.96. The second-order valence-corrected chi connectivity index (χ2v) is 7.60. The second kappa shape index (κ2) is 6.89. The van der Waals surface area contributed by atoms with Gasteiger partial charge in [0.05, 0.1) is 0 Å². The van der Waals surface area contributed by atoms with Crippen LogP contribution in [0, 0.1) is 5.92 Å². The molecule has 2 saturated heterocycles. The molecule has 2 atom stereocenters. The predicted octanol–water partition coefficient (Wildman–Crippen LogP) is 2.60. The first-order chi connectivity index (χ1) is 11.8. The van der Waals surface area contributed by atoms with E-state index < -0.39 is 0 Å². The van der Waals surface area contributed by atoms with Crippen molar-refractivity contribution in [3.63, 3.8) is 0 Å². The Hall–Kier alpha value is -1.95. The molecule has 0 N–H and O–H groups in total. The standard InChI is InChI=1S/C18H22N4OS/c23-17-5-4-14-13-21(18-19-8-2-9-20-18)10-7-16(14)22(17)11-6-15-3-1-12-24-15/h1-3,8-9,12,14,16H,4-7,10-11,13H2/t14-,16+/m0/s1. The summed E-state index contributed by atoms with van der Waals surface area (Å²) in [6, 6.07) is 6.47. The van der Waals surface area contributed by atoms with E-state index in [4.69, 9.17) is 0 Å². The molecule has 2 aliphatic heterocycles. The number of aromatic nitrogens is 2. The Kier molecular flexibility index (Phi) is 4.47. The molecule has 6 heteroatoms. The van der Waals surface area contributed by atoms with E-state index in [2.05, 4.69) is 37.3 Å². The van der Waals surface area contributed by atoms with Crippen molar-refractivity contribution >= 4 is 23.2 Å². The number of nitrogens with zero attached hydrogens (tertiary/aromatic N) is 4. The molecule has 0 aromatic carbocycles. The van der Waals surface area contributed by atoms with Crippen molar-refractivity contribution in [2.45, 2.75) is 31.7 Å². The highest BCUT2D eigenvalue weighted by molar-refractivity contribution is 7.09. The second-order valence-electron chi connectivity index (χ2n) is 6.57. The quantitative estimate of drug-likeness (QED) is 0.857. The Balaban J connectivity index is 1.43. The van der Waals surface area contributed by atoms with E-state index in [9.17, 15) is 4.79 Å². The number of carbonyl (C=O) groups is 1. The monoisotopic (exact) mass is 342 g/mol. The number of likely N-dealkylation sites (tertiary alicyclic amines) is 1. The van der Waals surface area contributed by atoms with Crippen LogP contribution in [0.1, 0.15) is 24.1 Å². The van der Waals surface area contributed by atoms with Crippen LogP contribution in [0.3, 0.4) is 0 Å². The first kappa shape index (κ1) is 15.6. The zero-order chi connectivity index (χ0) is 16.4. The molecule has 0 spiro atoms. The average molecular weight is 342 g/mol. The van der Waals surface area contributed by atoms with Gasteiger partial charge in [-0.1, -0.05) is 6.07 Å². The van der Waals surface area contributed by atoms with Gasteiger partial charge in [-0.25, -0.2) is 9.97 Å². The van der Waals surface area contributed by atoms with Gasteiger partial charge in [-0.05, 0) is 42.7 Å². The van der Waals surface area contributed by atoms with Gasteiger partial charge in [0, 0.05) is 49.4 Å². The molecule has 2 fully saturated rings. The molecule has 126 valence electrons. The summed E-state index contributed by atoms with van der Waals surface area (Å²) in [5.41, 5.74) is 0. The Morgan fingerprint density at radius 2 is 2.08 bits per heavy atom. The summed E-state index contributed by atoms with van der Waals surface area (Å²) in [4.78, 5) is 27.0. The highest BCUT2D eigenvalue weighted by Crippen LogP contribution is 2.32. The molecule has 24 heavy (non-hydrogen) atoms. The fraction of sp³-hybridized carbons (Fsp3) is 0.500. The lowest BCUT2D eigenvalue weighted by Gasteiger charge is -2.47. The largest absolute Gasteiger partial charge is 0.340 e. The van der Waals surface area contributed by atoms with Crippen LogP contribution in [0.2, 0.25) is 0 Å². The van der Waals surface area contributed by atoms with Crippen molar-refractivity contribution in [1.29, 1.82) is 0 Å². The van der Waals surface area contributed by atoms with Crippen LogP contribution in [0.15, 0.2) is 36.0 Å². The van der Waals surface area contributed by atoms with Crippen LogP contribution in [-0.2, 0) is 11.2 Å². The molecule has 2 aromatic rings. The molecule has 0 unspecified atom stereocenters. The molecular formula is C18H22N4OS. The minimum absolute atomic E-state index is 0.331. The highest BCUT2D eigenvalue weighted by Gasteiger charge is 2.39. The SMILES string of the molecule is O=C1CC[C@H]2CN(c3ncccn3)CC[C@H]2N1CCc1cccs1. The molecule has 0 bridgehead atoms. The van der Waals surface area contributed by atoms with E-state index in [0.717, 1.165) is 44.8 Å². The van der Waals surface area contributed by atoms with Gasteiger partial charge in [0.25, 0.3) is 0 Å². The van der Waals surface area contributed by atoms with Gasteiger partial charge in [0.1, 0.15) is 0 Å². The van der Waals surface area contributed by atoms with Gasteiger partial charge in [-0.2, -0.15) is 0 Å². The van der Waals surface area contributed by atoms with Gasteiger partial charge < -0.3 is 9.80 Å². The third-order valence-corrected chi connectivity index (χ3v) is 6.09. The van der Waals surface area contributed by atoms with Crippen molar-refractivity contribution in [3.05, 3.63) is 40.8 Å². The zero-order valence-electron chi connectivity index (χ0n) is 13.7. The minimum atomic E-state index is 0.331. The first-order valence-electron chi connectivity index (χ1n) is 8.65. The summed E-state index contributed by atoms with van der Waals surface area (Å²) in [6.07, 6.45) is 7.24. The maximum absolute atomic E-state index is 12.5. The lowest BCUT2D eigenvalue weighted by Crippen LogP contribution is -2.56. The Labute approximate surface area is 146 Å². The summed E-state index contributed by atoms with van der Waals surface area (Å²) in [5, 5.41) is 2.11. The number of fused-ring (bicyclic) bond motifs is 1. The van der Waals surface area contributed by atoms with Gasteiger partial charge in [0.2, 0.25) is 11.9 Å². The number of rotatable bonds is 4. The molecule has 4 heterocycles. The Bertz CT molecular complexity index is 676. The van der Waals surface area contributed by atoms with E-state index in [1.807, 2.05) is 6.07 Å². The summed E-state index contributed by atoms with van der Waals surface area (Å²) in [6.45, 7) is 2.73. The molecule has 1 amide bonds. The fourth-order valence-corrected chi connectivity index (χ4v) is 4.66. The molecule has 4 rings (SSSR count). The van der Waals surface area contributed by atoms with Gasteiger partial charge >= 0.3 is 0 Å². The summed E-state index contributed by atoms with van der Waals surface area (Å²) in [7, 11) is 0. The molecular weight excluding hydrogens is 320 g/mol.